The van der Waals surface area contributed by atoms with Gasteiger partial charge in [0.25, 0.3) is 0 Å². The first-order valence-electron chi connectivity index (χ1n) is 5.27. The topological polar surface area (TPSA) is 29.3 Å². The largest absolute Gasteiger partial charge is 0.269 e. The van der Waals surface area contributed by atoms with Gasteiger partial charge in [-0.25, -0.2) is 5.01 Å². The molecule has 0 saturated carbocycles. The second kappa shape index (κ2) is 6.44. The summed E-state index contributed by atoms with van der Waals surface area (Å²) < 4.78 is 0. The van der Waals surface area contributed by atoms with Gasteiger partial charge in [0.05, 0.1) is 0 Å². The molecule has 1 aliphatic heterocycles. The Morgan fingerprint density at radius 2 is 2.00 bits per heavy atom. The lowest BCUT2D eigenvalue weighted by Gasteiger charge is -2.21. The SMILES string of the molecule is CC.CCCC1C(C)CCN1N. The van der Waals surface area contributed by atoms with E-state index in [2.05, 4.69) is 13.8 Å². The van der Waals surface area contributed by atoms with E-state index in [-0.39, 0.29) is 0 Å². The van der Waals surface area contributed by atoms with Gasteiger partial charge >= 0.3 is 0 Å². The highest BCUT2D eigenvalue weighted by Crippen LogP contribution is 2.23. The fourth-order valence-electron chi connectivity index (χ4n) is 1.78. The second-order valence-electron chi connectivity index (χ2n) is 3.36. The Kier molecular flexibility index (Phi) is 6.39. The summed E-state index contributed by atoms with van der Waals surface area (Å²) in [7, 11) is 0. The third kappa shape index (κ3) is 3.11. The lowest BCUT2D eigenvalue weighted by atomic mass is 9.99. The summed E-state index contributed by atoms with van der Waals surface area (Å²) in [6.07, 6.45) is 3.79. The van der Waals surface area contributed by atoms with Crippen LogP contribution in [0.4, 0.5) is 0 Å². The Morgan fingerprint density at radius 1 is 1.42 bits per heavy atom. The van der Waals surface area contributed by atoms with Crippen LogP contribution in [0.2, 0.25) is 0 Å². The molecule has 2 atom stereocenters. The minimum atomic E-state index is 0.657. The Balaban J connectivity index is 0.000000561. The molecule has 2 N–H and O–H groups in total. The number of nitrogens with two attached hydrogens (primary N) is 1. The average Bonchev–Trinajstić information content (AvgIpc) is 2.40. The van der Waals surface area contributed by atoms with E-state index in [1.54, 1.807) is 0 Å². The summed E-state index contributed by atoms with van der Waals surface area (Å²) in [5.41, 5.74) is 0. The summed E-state index contributed by atoms with van der Waals surface area (Å²) in [4.78, 5) is 0. The first kappa shape index (κ1) is 11.9. The van der Waals surface area contributed by atoms with E-state index in [4.69, 9.17) is 5.84 Å². The van der Waals surface area contributed by atoms with Crippen LogP contribution in [0.25, 0.3) is 0 Å². The predicted molar refractivity (Wildman–Crippen MR) is 54.7 cm³/mol. The molecule has 2 heteroatoms. The summed E-state index contributed by atoms with van der Waals surface area (Å²) in [6.45, 7) is 9.61. The molecule has 0 aromatic carbocycles. The summed E-state index contributed by atoms with van der Waals surface area (Å²) in [5, 5.41) is 2.01. The Labute approximate surface area is 77.1 Å². The van der Waals surface area contributed by atoms with Crippen LogP contribution < -0.4 is 5.84 Å². The van der Waals surface area contributed by atoms with Crippen molar-refractivity contribution in [3.05, 3.63) is 0 Å². The number of hydrogen-bond donors (Lipinski definition) is 1. The van der Waals surface area contributed by atoms with Gasteiger partial charge in [-0.15, -0.1) is 0 Å². The number of hydrogen-bond acceptors (Lipinski definition) is 2. The third-order valence-electron chi connectivity index (χ3n) is 2.51. The van der Waals surface area contributed by atoms with Crippen LogP contribution in [-0.2, 0) is 0 Å². The van der Waals surface area contributed by atoms with Gasteiger partial charge in [-0.1, -0.05) is 34.1 Å². The van der Waals surface area contributed by atoms with Crippen LogP contribution in [-0.4, -0.2) is 17.6 Å². The lowest BCUT2D eigenvalue weighted by molar-refractivity contribution is 0.224. The molecule has 0 aliphatic carbocycles. The molecule has 12 heavy (non-hydrogen) atoms. The van der Waals surface area contributed by atoms with Crippen molar-refractivity contribution in [2.75, 3.05) is 6.54 Å². The first-order valence-corrected chi connectivity index (χ1v) is 5.27. The zero-order valence-electron chi connectivity index (χ0n) is 9.01. The van der Waals surface area contributed by atoms with Crippen LogP contribution in [0, 0.1) is 5.92 Å². The maximum absolute atomic E-state index is 5.79. The molecule has 0 radical (unpaired) electrons. The molecule has 0 amide bonds. The Hall–Kier alpha value is -0.0800. The van der Waals surface area contributed by atoms with Gasteiger partial charge in [0.15, 0.2) is 0 Å². The fraction of sp³-hybridized carbons (Fsp3) is 1.00. The normalized spacial score (nSPS) is 29.8. The van der Waals surface area contributed by atoms with Crippen molar-refractivity contribution in [3.8, 4) is 0 Å². The van der Waals surface area contributed by atoms with Crippen molar-refractivity contribution in [1.29, 1.82) is 0 Å². The quantitative estimate of drug-likeness (QED) is 0.648. The smallest absolute Gasteiger partial charge is 0.0267 e. The van der Waals surface area contributed by atoms with Crippen LogP contribution >= 0.6 is 0 Å². The van der Waals surface area contributed by atoms with E-state index in [9.17, 15) is 0 Å². The standard InChI is InChI=1S/C8H18N2.C2H6/c1-3-4-8-7(2)5-6-10(8)9;1-2/h7-8H,3-6,9H2,1-2H3;1-2H3. The van der Waals surface area contributed by atoms with E-state index in [0.29, 0.717) is 6.04 Å². The van der Waals surface area contributed by atoms with Crippen molar-refractivity contribution in [2.24, 2.45) is 11.8 Å². The minimum Gasteiger partial charge on any atom is -0.269 e. The summed E-state index contributed by atoms with van der Waals surface area (Å²) >= 11 is 0. The molecule has 1 saturated heterocycles. The van der Waals surface area contributed by atoms with Gasteiger partial charge in [0.1, 0.15) is 0 Å². The lowest BCUT2D eigenvalue weighted by Crippen LogP contribution is -2.37. The molecule has 0 aromatic rings. The van der Waals surface area contributed by atoms with E-state index in [1.807, 2.05) is 18.9 Å². The zero-order chi connectivity index (χ0) is 9.56. The maximum atomic E-state index is 5.79. The van der Waals surface area contributed by atoms with Gasteiger partial charge in [-0.2, -0.15) is 0 Å². The van der Waals surface area contributed by atoms with E-state index >= 15 is 0 Å². The first-order chi connectivity index (χ1) is 5.75. The zero-order valence-corrected chi connectivity index (χ0v) is 9.01. The Morgan fingerprint density at radius 3 is 2.33 bits per heavy atom. The molecular weight excluding hydrogens is 148 g/mol. The van der Waals surface area contributed by atoms with Gasteiger partial charge < -0.3 is 0 Å². The van der Waals surface area contributed by atoms with Crippen molar-refractivity contribution < 1.29 is 0 Å². The molecule has 1 fully saturated rings. The highest BCUT2D eigenvalue weighted by atomic mass is 15.4. The van der Waals surface area contributed by atoms with Crippen molar-refractivity contribution in [1.82, 2.24) is 5.01 Å². The summed E-state index contributed by atoms with van der Waals surface area (Å²) in [5.74, 6) is 6.60. The molecule has 2 nitrogen and oxygen atoms in total. The second-order valence-corrected chi connectivity index (χ2v) is 3.36. The summed E-state index contributed by atoms with van der Waals surface area (Å²) in [6, 6.07) is 0.657. The predicted octanol–water partition coefficient (Wildman–Crippen LogP) is 2.40. The molecule has 1 aliphatic rings. The highest BCUT2D eigenvalue weighted by Gasteiger charge is 2.27. The van der Waals surface area contributed by atoms with Gasteiger partial charge in [0.2, 0.25) is 0 Å². The van der Waals surface area contributed by atoms with E-state index in [0.717, 1.165) is 12.5 Å². The van der Waals surface area contributed by atoms with Crippen molar-refractivity contribution in [3.63, 3.8) is 0 Å². The molecule has 0 bridgehead atoms. The van der Waals surface area contributed by atoms with Crippen molar-refractivity contribution in [2.45, 2.75) is 53.0 Å². The van der Waals surface area contributed by atoms with Crippen molar-refractivity contribution >= 4 is 0 Å². The molecule has 74 valence electrons. The molecule has 0 aromatic heterocycles. The van der Waals surface area contributed by atoms with Crippen LogP contribution in [0.1, 0.15) is 47.0 Å². The van der Waals surface area contributed by atoms with Gasteiger partial charge in [-0.3, -0.25) is 5.84 Å². The van der Waals surface area contributed by atoms with E-state index in [1.165, 1.54) is 19.3 Å². The number of hydrazine groups is 1. The number of nitrogens with zero attached hydrogens (tertiary/aromatic N) is 1. The molecule has 2 unspecified atom stereocenters. The maximum Gasteiger partial charge on any atom is 0.0267 e. The third-order valence-corrected chi connectivity index (χ3v) is 2.51. The van der Waals surface area contributed by atoms with Gasteiger partial charge in [0, 0.05) is 12.6 Å². The van der Waals surface area contributed by atoms with Crippen LogP contribution in [0.5, 0.6) is 0 Å². The van der Waals surface area contributed by atoms with Crippen LogP contribution in [0.3, 0.4) is 0 Å². The molecule has 1 rings (SSSR count). The monoisotopic (exact) mass is 172 g/mol. The molecular formula is C10H24N2. The highest BCUT2D eigenvalue weighted by molar-refractivity contribution is 4.80. The average molecular weight is 172 g/mol. The van der Waals surface area contributed by atoms with Crippen LogP contribution in [0.15, 0.2) is 0 Å². The van der Waals surface area contributed by atoms with E-state index < -0.39 is 0 Å². The minimum absolute atomic E-state index is 0.657. The molecule has 1 heterocycles. The molecule has 0 spiro atoms. The Bertz CT molecular complexity index is 94.0. The number of rotatable bonds is 2. The fourth-order valence-corrected chi connectivity index (χ4v) is 1.78. The van der Waals surface area contributed by atoms with Gasteiger partial charge in [-0.05, 0) is 18.8 Å².